The number of sulfonamides is 1. The number of nitrogens with zero attached hydrogens (tertiary/aromatic N) is 1. The molecule has 1 fully saturated rings. The zero-order valence-corrected chi connectivity index (χ0v) is 23.0. The topological polar surface area (TPSA) is 105 Å². The molecule has 0 aromatic heterocycles. The highest BCUT2D eigenvalue weighted by Gasteiger charge is 2.52. The normalized spacial score (nSPS) is 17.5. The molecule has 0 aliphatic carbocycles. The minimum absolute atomic E-state index is 0.0416. The van der Waals surface area contributed by atoms with Gasteiger partial charge in [0.2, 0.25) is 15.9 Å². The molecule has 2 aromatic rings. The number of hydrogen-bond donors (Lipinski definition) is 2. The van der Waals surface area contributed by atoms with Crippen LogP contribution in [0.4, 0.5) is 0 Å². The van der Waals surface area contributed by atoms with Crippen LogP contribution in [0, 0.1) is 0 Å². The number of carbonyl (C=O) groups excluding carboxylic acids is 2. The fourth-order valence-electron chi connectivity index (χ4n) is 5.46. The Hall–Kier alpha value is -3.17. The van der Waals surface area contributed by atoms with Gasteiger partial charge in [0.25, 0.3) is 5.91 Å². The standard InChI is InChI=1S/C28H37N3O5S/c1-7-25(32)30-21-18-27(2,3)31(28(4,5)19-21)37(34,35)22-13-14-23(24(17-22)36-6)26(33)29-16-15-20-11-9-8-10-12-20/h7-14,17,21H,1,15-16,18-19H2,2-6H3,(H,29,33)(H,30,32). The van der Waals surface area contributed by atoms with Crippen molar-refractivity contribution in [3.05, 3.63) is 72.3 Å². The second kappa shape index (κ2) is 11.1. The lowest BCUT2D eigenvalue weighted by Gasteiger charge is -2.53. The fourth-order valence-corrected chi connectivity index (χ4v) is 7.62. The lowest BCUT2D eigenvalue weighted by Crippen LogP contribution is -2.65. The molecule has 1 aliphatic rings. The van der Waals surface area contributed by atoms with E-state index in [9.17, 15) is 18.0 Å². The average Bonchev–Trinajstić information content (AvgIpc) is 2.82. The summed E-state index contributed by atoms with van der Waals surface area (Å²) in [5, 5.41) is 5.79. The number of benzene rings is 2. The van der Waals surface area contributed by atoms with Crippen LogP contribution < -0.4 is 15.4 Å². The molecular weight excluding hydrogens is 490 g/mol. The van der Waals surface area contributed by atoms with Crippen LogP contribution in [0.5, 0.6) is 5.75 Å². The van der Waals surface area contributed by atoms with Gasteiger partial charge in [-0.3, -0.25) is 9.59 Å². The van der Waals surface area contributed by atoms with Gasteiger partial charge in [-0.05, 0) is 70.7 Å². The van der Waals surface area contributed by atoms with Gasteiger partial charge in [-0.25, -0.2) is 8.42 Å². The van der Waals surface area contributed by atoms with Crippen molar-refractivity contribution in [3.8, 4) is 5.75 Å². The first-order chi connectivity index (χ1) is 17.3. The van der Waals surface area contributed by atoms with Crippen molar-refractivity contribution in [1.82, 2.24) is 14.9 Å². The third-order valence-electron chi connectivity index (χ3n) is 6.62. The number of hydrogen-bond acceptors (Lipinski definition) is 5. The van der Waals surface area contributed by atoms with Gasteiger partial charge in [-0.15, -0.1) is 0 Å². The van der Waals surface area contributed by atoms with Crippen molar-refractivity contribution >= 4 is 21.8 Å². The van der Waals surface area contributed by atoms with Crippen LogP contribution >= 0.6 is 0 Å². The molecule has 2 aromatic carbocycles. The van der Waals surface area contributed by atoms with Gasteiger partial charge in [0.1, 0.15) is 5.75 Å². The molecule has 1 heterocycles. The highest BCUT2D eigenvalue weighted by Crippen LogP contribution is 2.43. The van der Waals surface area contributed by atoms with E-state index in [2.05, 4.69) is 17.2 Å². The first-order valence-electron chi connectivity index (χ1n) is 12.3. The van der Waals surface area contributed by atoms with E-state index >= 15 is 0 Å². The van der Waals surface area contributed by atoms with E-state index in [0.717, 1.165) is 5.56 Å². The molecule has 9 heteroatoms. The summed E-state index contributed by atoms with van der Waals surface area (Å²) in [4.78, 5) is 24.8. The zero-order valence-electron chi connectivity index (χ0n) is 22.2. The quantitative estimate of drug-likeness (QED) is 0.484. The van der Waals surface area contributed by atoms with Crippen LogP contribution in [0.15, 0.2) is 66.1 Å². The number of rotatable bonds is 9. The lowest BCUT2D eigenvalue weighted by molar-refractivity contribution is -0.118. The van der Waals surface area contributed by atoms with Gasteiger partial charge >= 0.3 is 0 Å². The Labute approximate surface area is 220 Å². The monoisotopic (exact) mass is 527 g/mol. The van der Waals surface area contributed by atoms with Crippen LogP contribution in [-0.2, 0) is 21.2 Å². The van der Waals surface area contributed by atoms with Crippen LogP contribution in [-0.4, -0.2) is 55.3 Å². The Morgan fingerprint density at radius 2 is 1.70 bits per heavy atom. The highest BCUT2D eigenvalue weighted by molar-refractivity contribution is 7.89. The Kier molecular flexibility index (Phi) is 8.49. The van der Waals surface area contributed by atoms with E-state index in [1.807, 2.05) is 58.0 Å². The van der Waals surface area contributed by atoms with E-state index in [0.29, 0.717) is 25.8 Å². The van der Waals surface area contributed by atoms with E-state index in [4.69, 9.17) is 4.74 Å². The third-order valence-corrected chi connectivity index (χ3v) is 8.94. The van der Waals surface area contributed by atoms with Gasteiger partial charge in [0, 0.05) is 29.7 Å². The molecule has 0 spiro atoms. The summed E-state index contributed by atoms with van der Waals surface area (Å²) in [6, 6.07) is 14.0. The molecule has 0 saturated carbocycles. The first-order valence-corrected chi connectivity index (χ1v) is 13.7. The maximum absolute atomic E-state index is 13.9. The summed E-state index contributed by atoms with van der Waals surface area (Å²) in [7, 11) is -2.56. The number of methoxy groups -OCH3 is 1. The fraction of sp³-hybridized carbons (Fsp3) is 0.429. The van der Waals surface area contributed by atoms with Crippen molar-refractivity contribution in [3.63, 3.8) is 0 Å². The van der Waals surface area contributed by atoms with Crippen LogP contribution in [0.1, 0.15) is 56.5 Å². The van der Waals surface area contributed by atoms with Crippen LogP contribution in [0.3, 0.4) is 0 Å². The Bertz CT molecular complexity index is 1240. The largest absolute Gasteiger partial charge is 0.496 e. The lowest BCUT2D eigenvalue weighted by atomic mass is 9.79. The summed E-state index contributed by atoms with van der Waals surface area (Å²) in [6.45, 7) is 11.3. The van der Waals surface area contributed by atoms with Crippen LogP contribution in [0.25, 0.3) is 0 Å². The summed E-state index contributed by atoms with van der Waals surface area (Å²) in [6.07, 6.45) is 2.77. The SMILES string of the molecule is C=CC(=O)NC1CC(C)(C)N(S(=O)(=O)c2ccc(C(=O)NCCc3ccccc3)c(OC)c2)C(C)(C)C1. The molecule has 2 amide bonds. The molecule has 8 nitrogen and oxygen atoms in total. The summed E-state index contributed by atoms with van der Waals surface area (Å²) >= 11 is 0. The van der Waals surface area contributed by atoms with E-state index in [1.165, 1.54) is 35.7 Å². The molecule has 37 heavy (non-hydrogen) atoms. The molecule has 0 unspecified atom stereocenters. The molecule has 200 valence electrons. The van der Waals surface area contributed by atoms with Gasteiger partial charge in [-0.2, -0.15) is 4.31 Å². The summed E-state index contributed by atoms with van der Waals surface area (Å²) < 4.78 is 34.8. The maximum Gasteiger partial charge on any atom is 0.255 e. The van der Waals surface area contributed by atoms with Crippen molar-refractivity contribution < 1.29 is 22.7 Å². The minimum Gasteiger partial charge on any atom is -0.496 e. The van der Waals surface area contributed by atoms with Crippen molar-refractivity contribution in [1.29, 1.82) is 0 Å². The number of carbonyl (C=O) groups is 2. The molecular formula is C28H37N3O5S. The predicted octanol–water partition coefficient (Wildman–Crippen LogP) is 3.68. The smallest absolute Gasteiger partial charge is 0.255 e. The minimum atomic E-state index is -3.97. The Morgan fingerprint density at radius 3 is 2.27 bits per heavy atom. The Morgan fingerprint density at radius 1 is 1.08 bits per heavy atom. The summed E-state index contributed by atoms with van der Waals surface area (Å²) in [5.74, 6) is -0.437. The molecule has 1 saturated heterocycles. The van der Waals surface area contributed by atoms with Gasteiger partial charge in [0.15, 0.2) is 0 Å². The molecule has 0 bridgehead atoms. The second-order valence-corrected chi connectivity index (χ2v) is 12.4. The molecule has 1 aliphatic heterocycles. The van der Waals surface area contributed by atoms with Crippen molar-refractivity contribution in [2.75, 3.05) is 13.7 Å². The zero-order chi connectivity index (χ0) is 27.4. The van der Waals surface area contributed by atoms with Gasteiger partial charge in [-0.1, -0.05) is 36.9 Å². The number of nitrogens with one attached hydrogen (secondary N) is 2. The average molecular weight is 528 g/mol. The molecule has 3 rings (SSSR count). The summed E-state index contributed by atoms with van der Waals surface area (Å²) in [5.41, 5.74) is -0.214. The molecule has 2 N–H and O–H groups in total. The van der Waals surface area contributed by atoms with Gasteiger partial charge < -0.3 is 15.4 Å². The first kappa shape index (κ1) is 28.4. The maximum atomic E-state index is 13.9. The third kappa shape index (κ3) is 6.40. The number of amides is 2. The highest BCUT2D eigenvalue weighted by atomic mass is 32.2. The van der Waals surface area contributed by atoms with E-state index in [1.54, 1.807) is 0 Å². The van der Waals surface area contributed by atoms with Gasteiger partial charge in [0.05, 0.1) is 17.6 Å². The molecule has 0 atom stereocenters. The van der Waals surface area contributed by atoms with Crippen molar-refractivity contribution in [2.24, 2.45) is 0 Å². The van der Waals surface area contributed by atoms with E-state index in [-0.39, 0.29) is 34.1 Å². The van der Waals surface area contributed by atoms with Crippen molar-refractivity contribution in [2.45, 2.75) is 69.0 Å². The Balaban J connectivity index is 1.83. The number of piperidine rings is 1. The predicted molar refractivity (Wildman–Crippen MR) is 144 cm³/mol. The van der Waals surface area contributed by atoms with E-state index < -0.39 is 21.1 Å². The second-order valence-electron chi connectivity index (χ2n) is 10.6. The van der Waals surface area contributed by atoms with Crippen LogP contribution in [0.2, 0.25) is 0 Å². The molecule has 0 radical (unpaired) electrons. The number of ether oxygens (including phenoxy) is 1.